The van der Waals surface area contributed by atoms with Gasteiger partial charge in [-0.25, -0.2) is 0 Å². The van der Waals surface area contributed by atoms with E-state index in [2.05, 4.69) is 5.32 Å². The van der Waals surface area contributed by atoms with E-state index in [9.17, 15) is 9.59 Å². The van der Waals surface area contributed by atoms with Crippen molar-refractivity contribution in [3.05, 3.63) is 94.5 Å². The summed E-state index contributed by atoms with van der Waals surface area (Å²) in [5.41, 5.74) is 2.84. The zero-order valence-corrected chi connectivity index (χ0v) is 22.0. The van der Waals surface area contributed by atoms with Crippen LogP contribution in [0, 0.1) is 5.92 Å². The second-order valence-corrected chi connectivity index (χ2v) is 10.1. The predicted octanol–water partition coefficient (Wildman–Crippen LogP) is 5.41. The molecule has 0 spiro atoms. The summed E-state index contributed by atoms with van der Waals surface area (Å²) < 4.78 is 10.9. The van der Waals surface area contributed by atoms with E-state index < -0.39 is 6.04 Å². The molecule has 0 unspecified atom stereocenters. The Kier molecular flexibility index (Phi) is 9.07. The van der Waals surface area contributed by atoms with E-state index in [1.54, 1.807) is 11.0 Å². The number of benzene rings is 3. The highest BCUT2D eigenvalue weighted by Gasteiger charge is 2.30. The third-order valence-electron chi connectivity index (χ3n) is 6.26. The Bertz CT molecular complexity index is 1220. The number of rotatable bonds is 11. The van der Waals surface area contributed by atoms with Crippen LogP contribution >= 0.6 is 11.6 Å². The first-order valence-electron chi connectivity index (χ1n) is 12.6. The third kappa shape index (κ3) is 7.49. The van der Waals surface area contributed by atoms with Gasteiger partial charge in [-0.3, -0.25) is 9.59 Å². The van der Waals surface area contributed by atoms with E-state index in [0.29, 0.717) is 41.8 Å². The molecule has 0 aromatic heterocycles. The standard InChI is InChI=1S/C30H33ClN2O4/c1-21(2)18-32-30(35)26(16-22-7-4-3-5-8-22)33(19-24-9-6-10-25(31)15-24)29(34)14-12-23-11-13-27-28(17-23)37-20-36-27/h3-11,13,15,17,21,26H,12,14,16,18-20H2,1-2H3,(H,32,35)/t26-/m1/s1. The molecule has 3 aromatic carbocycles. The Balaban J connectivity index is 1.59. The van der Waals surface area contributed by atoms with Crippen LogP contribution in [-0.4, -0.2) is 36.1 Å². The summed E-state index contributed by atoms with van der Waals surface area (Å²) in [7, 11) is 0. The maximum absolute atomic E-state index is 13.8. The molecule has 2 amide bonds. The first-order valence-corrected chi connectivity index (χ1v) is 13.0. The number of amides is 2. The van der Waals surface area contributed by atoms with E-state index in [1.807, 2.05) is 80.6 Å². The first-order chi connectivity index (χ1) is 17.9. The van der Waals surface area contributed by atoms with E-state index in [1.165, 1.54) is 0 Å². The normalized spacial score (nSPS) is 12.9. The van der Waals surface area contributed by atoms with Gasteiger partial charge in [0.25, 0.3) is 0 Å². The predicted molar refractivity (Wildman–Crippen MR) is 145 cm³/mol. The van der Waals surface area contributed by atoms with E-state index in [4.69, 9.17) is 21.1 Å². The molecule has 0 bridgehead atoms. The molecule has 0 radical (unpaired) electrons. The minimum absolute atomic E-state index is 0.0988. The van der Waals surface area contributed by atoms with Crippen molar-refractivity contribution in [3.63, 3.8) is 0 Å². The van der Waals surface area contributed by atoms with Crippen LogP contribution in [0.3, 0.4) is 0 Å². The zero-order chi connectivity index (χ0) is 26.2. The average molecular weight is 521 g/mol. The lowest BCUT2D eigenvalue weighted by molar-refractivity contribution is -0.141. The maximum atomic E-state index is 13.8. The summed E-state index contributed by atoms with van der Waals surface area (Å²) in [5.74, 6) is 1.44. The quantitative estimate of drug-likeness (QED) is 0.367. The van der Waals surface area contributed by atoms with Crippen molar-refractivity contribution in [1.82, 2.24) is 10.2 Å². The molecule has 7 heteroatoms. The number of hydrogen-bond acceptors (Lipinski definition) is 4. The van der Waals surface area contributed by atoms with Crippen molar-refractivity contribution < 1.29 is 19.1 Å². The number of nitrogens with one attached hydrogen (secondary N) is 1. The van der Waals surface area contributed by atoms with Crippen LogP contribution in [0.1, 0.15) is 37.0 Å². The first kappa shape index (κ1) is 26.6. The third-order valence-corrected chi connectivity index (χ3v) is 6.50. The Hall–Kier alpha value is -3.51. The number of carbonyl (C=O) groups excluding carboxylic acids is 2. The number of carbonyl (C=O) groups is 2. The molecular formula is C30H33ClN2O4. The molecule has 0 aliphatic carbocycles. The Morgan fingerprint density at radius 1 is 0.919 bits per heavy atom. The Morgan fingerprint density at radius 2 is 1.68 bits per heavy atom. The van der Waals surface area contributed by atoms with Gasteiger partial charge in [0.2, 0.25) is 18.6 Å². The van der Waals surface area contributed by atoms with Crippen molar-refractivity contribution in [1.29, 1.82) is 0 Å². The topological polar surface area (TPSA) is 67.9 Å². The van der Waals surface area contributed by atoms with Gasteiger partial charge in [0.1, 0.15) is 6.04 Å². The van der Waals surface area contributed by atoms with Gasteiger partial charge in [-0.2, -0.15) is 0 Å². The van der Waals surface area contributed by atoms with Crippen LogP contribution < -0.4 is 14.8 Å². The SMILES string of the molecule is CC(C)CNC(=O)[C@@H](Cc1ccccc1)N(Cc1cccc(Cl)c1)C(=O)CCc1ccc2c(c1)OCO2. The van der Waals surface area contributed by atoms with Gasteiger partial charge in [0.15, 0.2) is 11.5 Å². The summed E-state index contributed by atoms with van der Waals surface area (Å²) in [6.07, 6.45) is 1.19. The Labute approximate surface area is 223 Å². The van der Waals surface area contributed by atoms with Crippen molar-refractivity contribution in [2.24, 2.45) is 5.92 Å². The summed E-state index contributed by atoms with van der Waals surface area (Å²) in [4.78, 5) is 29.0. The summed E-state index contributed by atoms with van der Waals surface area (Å²) in [6, 6.07) is 22.3. The van der Waals surface area contributed by atoms with E-state index >= 15 is 0 Å². The van der Waals surface area contributed by atoms with Crippen molar-refractivity contribution in [3.8, 4) is 11.5 Å². The molecule has 1 atom stereocenters. The van der Waals surface area contributed by atoms with Gasteiger partial charge >= 0.3 is 0 Å². The molecule has 4 rings (SSSR count). The summed E-state index contributed by atoms with van der Waals surface area (Å²) in [6.45, 7) is 5.13. The molecule has 0 fully saturated rings. The van der Waals surface area contributed by atoms with Crippen LogP contribution in [0.25, 0.3) is 0 Å². The fourth-order valence-electron chi connectivity index (χ4n) is 4.30. The number of nitrogens with zero attached hydrogens (tertiary/aromatic N) is 1. The highest BCUT2D eigenvalue weighted by molar-refractivity contribution is 6.30. The maximum Gasteiger partial charge on any atom is 0.243 e. The molecule has 194 valence electrons. The van der Waals surface area contributed by atoms with Crippen LogP contribution in [-0.2, 0) is 29.0 Å². The number of fused-ring (bicyclic) bond motifs is 1. The van der Waals surface area contributed by atoms with Gasteiger partial charge < -0.3 is 19.7 Å². The molecule has 6 nitrogen and oxygen atoms in total. The zero-order valence-electron chi connectivity index (χ0n) is 21.3. The molecule has 1 heterocycles. The highest BCUT2D eigenvalue weighted by Crippen LogP contribution is 2.33. The lowest BCUT2D eigenvalue weighted by atomic mass is 10.0. The van der Waals surface area contributed by atoms with Crippen LogP contribution in [0.4, 0.5) is 0 Å². The monoisotopic (exact) mass is 520 g/mol. The van der Waals surface area contributed by atoms with E-state index in [0.717, 1.165) is 16.7 Å². The minimum Gasteiger partial charge on any atom is -0.454 e. The molecule has 1 aliphatic heterocycles. The fraction of sp³-hybridized carbons (Fsp3) is 0.333. The molecule has 0 saturated carbocycles. The summed E-state index contributed by atoms with van der Waals surface area (Å²) in [5, 5.41) is 3.64. The number of hydrogen-bond donors (Lipinski definition) is 1. The molecule has 1 aliphatic rings. The van der Waals surface area contributed by atoms with Gasteiger partial charge in [0.05, 0.1) is 0 Å². The van der Waals surface area contributed by atoms with Crippen LogP contribution in [0.5, 0.6) is 11.5 Å². The van der Waals surface area contributed by atoms with E-state index in [-0.39, 0.29) is 31.6 Å². The van der Waals surface area contributed by atoms with Crippen molar-refractivity contribution >= 4 is 23.4 Å². The van der Waals surface area contributed by atoms with Crippen LogP contribution in [0.15, 0.2) is 72.8 Å². The smallest absolute Gasteiger partial charge is 0.243 e. The molecular weight excluding hydrogens is 488 g/mol. The lowest BCUT2D eigenvalue weighted by Gasteiger charge is -2.32. The largest absolute Gasteiger partial charge is 0.454 e. The van der Waals surface area contributed by atoms with Gasteiger partial charge in [-0.15, -0.1) is 0 Å². The fourth-order valence-corrected chi connectivity index (χ4v) is 4.51. The Morgan fingerprint density at radius 3 is 2.43 bits per heavy atom. The van der Waals surface area contributed by atoms with Gasteiger partial charge in [-0.1, -0.05) is 74.0 Å². The van der Waals surface area contributed by atoms with Gasteiger partial charge in [-0.05, 0) is 53.3 Å². The lowest BCUT2D eigenvalue weighted by Crippen LogP contribution is -2.51. The number of aryl methyl sites for hydroxylation is 1. The number of halogens is 1. The average Bonchev–Trinajstić information content (AvgIpc) is 3.36. The highest BCUT2D eigenvalue weighted by atomic mass is 35.5. The van der Waals surface area contributed by atoms with Crippen molar-refractivity contribution in [2.75, 3.05) is 13.3 Å². The molecule has 3 aromatic rings. The van der Waals surface area contributed by atoms with Gasteiger partial charge in [0, 0.05) is 31.0 Å². The minimum atomic E-state index is -0.663. The second-order valence-electron chi connectivity index (χ2n) is 9.68. The molecule has 1 N–H and O–H groups in total. The molecule has 0 saturated heterocycles. The molecule has 37 heavy (non-hydrogen) atoms. The van der Waals surface area contributed by atoms with Crippen LogP contribution in [0.2, 0.25) is 5.02 Å². The second kappa shape index (κ2) is 12.6. The summed E-state index contributed by atoms with van der Waals surface area (Å²) >= 11 is 6.25. The van der Waals surface area contributed by atoms with Crippen molar-refractivity contribution in [2.45, 2.75) is 45.7 Å². The number of ether oxygens (including phenoxy) is 2.